The van der Waals surface area contributed by atoms with Crippen LogP contribution in [0, 0.1) is 17.8 Å². The van der Waals surface area contributed by atoms with Crippen LogP contribution in [0.3, 0.4) is 0 Å². The zero-order valence-corrected chi connectivity index (χ0v) is 17.3. The summed E-state index contributed by atoms with van der Waals surface area (Å²) < 4.78 is 5.89. The fraction of sp³-hybridized carbons (Fsp3) is 0.462. The number of hydrogen-bond donors (Lipinski definition) is 0. The normalized spacial score (nSPS) is 11.5. The predicted molar refractivity (Wildman–Crippen MR) is 116 cm³/mol. The minimum Gasteiger partial charge on any atom is -0.494 e. The third-order valence-corrected chi connectivity index (χ3v) is 4.96. The van der Waals surface area contributed by atoms with Crippen LogP contribution < -0.4 is 4.74 Å². The van der Waals surface area contributed by atoms with Crippen molar-refractivity contribution < 1.29 is 4.74 Å². The van der Waals surface area contributed by atoms with E-state index in [1.165, 1.54) is 36.8 Å². The van der Waals surface area contributed by atoms with Gasteiger partial charge in [-0.15, -0.1) is 0 Å². The molecule has 1 atom stereocenters. The molecule has 0 aliphatic carbocycles. The first kappa shape index (κ1) is 21.1. The zero-order valence-electron chi connectivity index (χ0n) is 17.3. The summed E-state index contributed by atoms with van der Waals surface area (Å²) in [5, 5.41) is 0. The summed E-state index contributed by atoms with van der Waals surface area (Å²) >= 11 is 0. The van der Waals surface area contributed by atoms with E-state index in [1.807, 2.05) is 12.1 Å². The van der Waals surface area contributed by atoms with Crippen molar-refractivity contribution in [1.29, 1.82) is 0 Å². The monoisotopic (exact) mass is 362 g/mol. The quantitative estimate of drug-likeness (QED) is 0.332. The lowest BCUT2D eigenvalue weighted by Gasteiger charge is -2.12. The van der Waals surface area contributed by atoms with E-state index in [-0.39, 0.29) is 0 Å². The minimum absolute atomic E-state index is 0.743. The third kappa shape index (κ3) is 8.35. The van der Waals surface area contributed by atoms with Gasteiger partial charge in [0.2, 0.25) is 0 Å². The van der Waals surface area contributed by atoms with Gasteiger partial charge in [0.25, 0.3) is 0 Å². The molecular formula is C26H34O. The standard InChI is InChI=1S/C26H34O/c1-4-6-7-10-22(3)19-20-27-26-17-15-24(16-18-26)12-9-14-25-13-8-11-23(5-2)21-25/h8,11,13,15-18,21-22H,4-7,10,14,19-20H2,1-3H3. The van der Waals surface area contributed by atoms with Gasteiger partial charge in [-0.05, 0) is 54.2 Å². The van der Waals surface area contributed by atoms with E-state index in [1.54, 1.807) is 0 Å². The van der Waals surface area contributed by atoms with Gasteiger partial charge in [0.05, 0.1) is 6.61 Å². The van der Waals surface area contributed by atoms with Crippen molar-refractivity contribution in [3.05, 3.63) is 65.2 Å². The second-order valence-electron chi connectivity index (χ2n) is 7.41. The fourth-order valence-corrected chi connectivity index (χ4v) is 3.11. The highest BCUT2D eigenvalue weighted by molar-refractivity contribution is 5.39. The van der Waals surface area contributed by atoms with Crippen LogP contribution in [0.1, 0.15) is 69.6 Å². The molecule has 0 radical (unpaired) electrons. The predicted octanol–water partition coefficient (Wildman–Crippen LogP) is 6.83. The van der Waals surface area contributed by atoms with Crippen LogP contribution in [0.25, 0.3) is 0 Å². The molecule has 0 saturated carbocycles. The van der Waals surface area contributed by atoms with Crippen LogP contribution in [-0.4, -0.2) is 6.61 Å². The number of rotatable bonds is 10. The molecule has 0 amide bonds. The van der Waals surface area contributed by atoms with Crippen LogP contribution in [0.2, 0.25) is 0 Å². The average Bonchev–Trinajstić information content (AvgIpc) is 2.69. The Labute approximate surface area is 166 Å². The lowest BCUT2D eigenvalue weighted by Crippen LogP contribution is -2.04. The summed E-state index contributed by atoms with van der Waals surface area (Å²) in [6, 6.07) is 16.8. The molecule has 1 nitrogen and oxygen atoms in total. The van der Waals surface area contributed by atoms with Gasteiger partial charge in [-0.2, -0.15) is 0 Å². The van der Waals surface area contributed by atoms with Crippen LogP contribution in [0.4, 0.5) is 0 Å². The Morgan fingerprint density at radius 3 is 2.44 bits per heavy atom. The molecule has 0 spiro atoms. The van der Waals surface area contributed by atoms with Gasteiger partial charge in [-0.3, -0.25) is 0 Å². The highest BCUT2D eigenvalue weighted by Crippen LogP contribution is 2.16. The van der Waals surface area contributed by atoms with Crippen molar-refractivity contribution in [2.75, 3.05) is 6.61 Å². The summed E-state index contributed by atoms with van der Waals surface area (Å²) in [6.45, 7) is 7.56. The summed E-state index contributed by atoms with van der Waals surface area (Å²) in [6.07, 6.45) is 8.28. The number of benzene rings is 2. The summed E-state index contributed by atoms with van der Waals surface area (Å²) in [5.41, 5.74) is 3.70. The number of hydrogen-bond acceptors (Lipinski definition) is 1. The first-order chi connectivity index (χ1) is 13.2. The van der Waals surface area contributed by atoms with Gasteiger partial charge in [-0.25, -0.2) is 0 Å². The smallest absolute Gasteiger partial charge is 0.119 e. The maximum atomic E-state index is 5.89. The number of unbranched alkanes of at least 4 members (excludes halogenated alkanes) is 2. The van der Waals surface area contributed by atoms with Crippen molar-refractivity contribution in [2.45, 2.75) is 65.7 Å². The maximum absolute atomic E-state index is 5.89. The van der Waals surface area contributed by atoms with Crippen molar-refractivity contribution in [2.24, 2.45) is 5.92 Å². The molecule has 1 heteroatoms. The van der Waals surface area contributed by atoms with Gasteiger partial charge in [-0.1, -0.05) is 82.6 Å². The largest absolute Gasteiger partial charge is 0.494 e. The summed E-state index contributed by atoms with van der Waals surface area (Å²) in [4.78, 5) is 0. The molecular weight excluding hydrogens is 328 g/mol. The Balaban J connectivity index is 1.75. The van der Waals surface area contributed by atoms with Crippen LogP contribution in [0.15, 0.2) is 48.5 Å². The second-order valence-corrected chi connectivity index (χ2v) is 7.41. The molecule has 0 heterocycles. The Bertz CT molecular complexity index is 718. The van der Waals surface area contributed by atoms with Crippen molar-refractivity contribution in [3.63, 3.8) is 0 Å². The van der Waals surface area contributed by atoms with Crippen LogP contribution in [0.5, 0.6) is 5.75 Å². The van der Waals surface area contributed by atoms with Crippen molar-refractivity contribution in [3.8, 4) is 17.6 Å². The molecule has 144 valence electrons. The lowest BCUT2D eigenvalue weighted by atomic mass is 10.0. The third-order valence-electron chi connectivity index (χ3n) is 4.96. The van der Waals surface area contributed by atoms with E-state index in [4.69, 9.17) is 4.74 Å². The van der Waals surface area contributed by atoms with E-state index in [2.05, 4.69) is 69.0 Å². The topological polar surface area (TPSA) is 9.23 Å². The molecule has 0 bridgehead atoms. The van der Waals surface area contributed by atoms with E-state index >= 15 is 0 Å². The molecule has 1 unspecified atom stereocenters. The molecule has 0 fully saturated rings. The lowest BCUT2D eigenvalue weighted by molar-refractivity contribution is 0.277. The second kappa shape index (κ2) is 12.2. The molecule has 0 aliphatic heterocycles. The van der Waals surface area contributed by atoms with E-state index in [0.717, 1.165) is 43.1 Å². The molecule has 0 aliphatic rings. The molecule has 0 saturated heterocycles. The fourth-order valence-electron chi connectivity index (χ4n) is 3.11. The van der Waals surface area contributed by atoms with Gasteiger partial charge >= 0.3 is 0 Å². The first-order valence-electron chi connectivity index (χ1n) is 10.5. The number of ether oxygens (including phenoxy) is 1. The van der Waals surface area contributed by atoms with Gasteiger partial charge in [0.15, 0.2) is 0 Å². The molecule has 2 aromatic rings. The van der Waals surface area contributed by atoms with E-state index < -0.39 is 0 Å². The highest BCUT2D eigenvalue weighted by atomic mass is 16.5. The number of aryl methyl sites for hydroxylation is 1. The Hall–Kier alpha value is -2.20. The van der Waals surface area contributed by atoms with Gasteiger partial charge < -0.3 is 4.74 Å². The first-order valence-corrected chi connectivity index (χ1v) is 10.5. The van der Waals surface area contributed by atoms with Gasteiger partial charge in [0.1, 0.15) is 5.75 Å². The molecule has 0 aromatic heterocycles. The van der Waals surface area contributed by atoms with Crippen LogP contribution in [-0.2, 0) is 12.8 Å². The van der Waals surface area contributed by atoms with Crippen molar-refractivity contribution >= 4 is 0 Å². The summed E-state index contributed by atoms with van der Waals surface area (Å²) in [7, 11) is 0. The Kier molecular flexibility index (Phi) is 9.56. The maximum Gasteiger partial charge on any atom is 0.119 e. The highest BCUT2D eigenvalue weighted by Gasteiger charge is 2.02. The molecule has 2 aromatic carbocycles. The SMILES string of the molecule is CCCCCC(C)CCOc1ccc(C#CCc2cccc(CC)c2)cc1. The molecule has 2 rings (SSSR count). The van der Waals surface area contributed by atoms with Crippen molar-refractivity contribution in [1.82, 2.24) is 0 Å². The summed E-state index contributed by atoms with van der Waals surface area (Å²) in [5.74, 6) is 8.22. The Morgan fingerprint density at radius 2 is 1.70 bits per heavy atom. The van der Waals surface area contributed by atoms with Gasteiger partial charge in [0, 0.05) is 12.0 Å². The average molecular weight is 363 g/mol. The molecule has 27 heavy (non-hydrogen) atoms. The van der Waals surface area contributed by atoms with Crippen LogP contribution >= 0.6 is 0 Å². The van der Waals surface area contributed by atoms with E-state index in [9.17, 15) is 0 Å². The minimum atomic E-state index is 0.743. The zero-order chi connectivity index (χ0) is 19.3. The Morgan fingerprint density at radius 1 is 0.926 bits per heavy atom. The van der Waals surface area contributed by atoms with E-state index in [0.29, 0.717) is 0 Å². The molecule has 0 N–H and O–H groups in total.